The lowest BCUT2D eigenvalue weighted by Crippen LogP contribution is -2.46. The summed E-state index contributed by atoms with van der Waals surface area (Å²) in [5.74, 6) is -1.05. The second-order valence-electron chi connectivity index (χ2n) is 6.89. The van der Waals surface area contributed by atoms with Crippen molar-refractivity contribution < 1.29 is 38.1 Å². The Hall–Kier alpha value is -2.76. The topological polar surface area (TPSA) is 112 Å². The van der Waals surface area contributed by atoms with Gasteiger partial charge in [0.1, 0.15) is 6.54 Å². The number of hydrogen-bond donors (Lipinski definition) is 0. The van der Waals surface area contributed by atoms with Gasteiger partial charge in [0.2, 0.25) is 5.91 Å². The summed E-state index contributed by atoms with van der Waals surface area (Å²) in [6.45, 7) is 2.93. The highest BCUT2D eigenvalue weighted by Gasteiger charge is 2.37. The number of ether oxygens (including phenoxy) is 4. The van der Waals surface area contributed by atoms with E-state index in [0.717, 1.165) is 16.7 Å². The summed E-state index contributed by atoms with van der Waals surface area (Å²) >= 11 is 7.03. The van der Waals surface area contributed by atoms with Crippen molar-refractivity contribution in [3.8, 4) is 11.5 Å². The summed E-state index contributed by atoms with van der Waals surface area (Å²) in [6, 6.07) is 3.07. The molecule has 3 rings (SSSR count). The minimum atomic E-state index is -0.565. The van der Waals surface area contributed by atoms with Crippen molar-refractivity contribution in [2.24, 2.45) is 0 Å². The maximum Gasteiger partial charge on any atom is 0.344 e. The van der Waals surface area contributed by atoms with Gasteiger partial charge in [0, 0.05) is 13.1 Å². The fourth-order valence-electron chi connectivity index (χ4n) is 3.13. The van der Waals surface area contributed by atoms with Crippen LogP contribution < -0.4 is 9.47 Å². The van der Waals surface area contributed by atoms with E-state index in [0.29, 0.717) is 31.9 Å². The van der Waals surface area contributed by atoms with E-state index in [1.165, 1.54) is 19.3 Å². The molecule has 0 aliphatic carbocycles. The third kappa shape index (κ3) is 6.18. The summed E-state index contributed by atoms with van der Waals surface area (Å²) in [4.78, 5) is 51.8. The molecule has 2 fully saturated rings. The van der Waals surface area contributed by atoms with Gasteiger partial charge >= 0.3 is 5.97 Å². The lowest BCUT2D eigenvalue weighted by molar-refractivity contribution is -0.145. The molecule has 0 N–H and O–H groups in total. The molecule has 10 nitrogen and oxygen atoms in total. The minimum absolute atomic E-state index is 0.145. The molecule has 0 radical (unpaired) electrons. The number of carbonyl (C=O) groups is 4. The molecule has 12 heteroatoms. The Labute approximate surface area is 199 Å². The predicted octanol–water partition coefficient (Wildman–Crippen LogP) is 2.19. The second-order valence-corrected chi connectivity index (χ2v) is 8.29. The highest BCUT2D eigenvalue weighted by molar-refractivity contribution is 8.18. The van der Waals surface area contributed by atoms with Crippen molar-refractivity contribution in [2.75, 3.05) is 53.2 Å². The molecule has 178 valence electrons. The van der Waals surface area contributed by atoms with E-state index in [1.807, 2.05) is 0 Å². The molecule has 0 unspecified atom stereocenters. The number of halogens is 1. The van der Waals surface area contributed by atoms with E-state index in [9.17, 15) is 19.2 Å². The van der Waals surface area contributed by atoms with E-state index in [2.05, 4.69) is 0 Å². The number of esters is 1. The smallest absolute Gasteiger partial charge is 0.344 e. The van der Waals surface area contributed by atoms with E-state index in [1.54, 1.807) is 17.9 Å². The van der Waals surface area contributed by atoms with Crippen LogP contribution in [-0.2, 0) is 23.9 Å². The van der Waals surface area contributed by atoms with Crippen LogP contribution >= 0.6 is 23.4 Å². The summed E-state index contributed by atoms with van der Waals surface area (Å²) in [6.07, 6.45) is 1.48. The van der Waals surface area contributed by atoms with Crippen LogP contribution in [0.2, 0.25) is 5.02 Å². The first-order chi connectivity index (χ1) is 15.8. The number of benzene rings is 1. The van der Waals surface area contributed by atoms with Crippen LogP contribution in [0.5, 0.6) is 11.5 Å². The lowest BCUT2D eigenvalue weighted by Gasteiger charge is -2.28. The Bertz CT molecular complexity index is 977. The molecule has 0 bridgehead atoms. The fourth-order valence-corrected chi connectivity index (χ4v) is 4.24. The molecule has 1 aromatic carbocycles. The van der Waals surface area contributed by atoms with Crippen molar-refractivity contribution in [3.05, 3.63) is 27.6 Å². The van der Waals surface area contributed by atoms with Gasteiger partial charge in [0.15, 0.2) is 18.1 Å². The molecule has 2 saturated heterocycles. The van der Waals surface area contributed by atoms with Gasteiger partial charge in [-0.25, -0.2) is 4.79 Å². The number of nitrogens with zero attached hydrogens (tertiary/aromatic N) is 2. The number of amides is 3. The number of morpholine rings is 1. The lowest BCUT2D eigenvalue weighted by atomic mass is 10.1. The third-order valence-corrected chi connectivity index (χ3v) is 5.91. The van der Waals surface area contributed by atoms with E-state index >= 15 is 0 Å². The molecule has 3 amide bonds. The second kappa shape index (κ2) is 11.4. The molecule has 0 spiro atoms. The summed E-state index contributed by atoms with van der Waals surface area (Å²) < 4.78 is 20.7. The van der Waals surface area contributed by atoms with E-state index in [4.69, 9.17) is 30.5 Å². The number of hydrogen-bond acceptors (Lipinski definition) is 9. The Balaban J connectivity index is 1.73. The van der Waals surface area contributed by atoms with Gasteiger partial charge in [0.05, 0.1) is 36.9 Å². The molecule has 0 atom stereocenters. The van der Waals surface area contributed by atoms with Crippen molar-refractivity contribution in [1.29, 1.82) is 0 Å². The standard InChI is InChI=1S/C21H23ClN2O8S/c1-3-31-18(26)12-32-19-14(22)8-13(9-15(19)29-2)10-16-20(27)24(21(28)33-16)11-17(25)23-4-6-30-7-5-23/h8-10H,3-7,11-12H2,1-2H3/b16-10+. The van der Waals surface area contributed by atoms with Crippen LogP contribution in [0.1, 0.15) is 12.5 Å². The zero-order chi connectivity index (χ0) is 24.0. The van der Waals surface area contributed by atoms with Gasteiger partial charge < -0.3 is 23.8 Å². The summed E-state index contributed by atoms with van der Waals surface area (Å²) in [5.41, 5.74) is 0.477. The zero-order valence-electron chi connectivity index (χ0n) is 18.1. The number of imide groups is 1. The van der Waals surface area contributed by atoms with Crippen LogP contribution in [0.4, 0.5) is 4.79 Å². The van der Waals surface area contributed by atoms with Crippen LogP contribution in [-0.4, -0.2) is 86.0 Å². The van der Waals surface area contributed by atoms with Crippen LogP contribution in [0.3, 0.4) is 0 Å². The average Bonchev–Trinajstić information content (AvgIpc) is 3.06. The Morgan fingerprint density at radius 3 is 2.64 bits per heavy atom. The van der Waals surface area contributed by atoms with Gasteiger partial charge in [-0.15, -0.1) is 0 Å². The Morgan fingerprint density at radius 2 is 1.97 bits per heavy atom. The molecular formula is C21H23ClN2O8S. The highest BCUT2D eigenvalue weighted by Crippen LogP contribution is 2.39. The summed E-state index contributed by atoms with van der Waals surface area (Å²) in [5, 5.41) is -0.382. The summed E-state index contributed by atoms with van der Waals surface area (Å²) in [7, 11) is 1.40. The Kier molecular flexibility index (Phi) is 8.59. The van der Waals surface area contributed by atoms with Gasteiger partial charge in [0.25, 0.3) is 11.1 Å². The normalized spacial score (nSPS) is 17.5. The van der Waals surface area contributed by atoms with Crippen molar-refractivity contribution in [3.63, 3.8) is 0 Å². The number of thioether (sulfide) groups is 1. The third-order valence-electron chi connectivity index (χ3n) is 4.72. The average molecular weight is 499 g/mol. The molecular weight excluding hydrogens is 476 g/mol. The van der Waals surface area contributed by atoms with Crippen molar-refractivity contribution in [1.82, 2.24) is 9.80 Å². The molecule has 2 aliphatic heterocycles. The quantitative estimate of drug-likeness (QED) is 0.393. The monoisotopic (exact) mass is 498 g/mol. The van der Waals surface area contributed by atoms with Gasteiger partial charge in [-0.1, -0.05) is 11.6 Å². The molecule has 2 aliphatic rings. The van der Waals surface area contributed by atoms with E-state index in [-0.39, 0.29) is 47.1 Å². The first kappa shape index (κ1) is 24.9. The predicted molar refractivity (Wildman–Crippen MR) is 120 cm³/mol. The van der Waals surface area contributed by atoms with Crippen molar-refractivity contribution in [2.45, 2.75) is 6.92 Å². The van der Waals surface area contributed by atoms with Gasteiger partial charge in [-0.05, 0) is 42.5 Å². The largest absolute Gasteiger partial charge is 0.493 e. The van der Waals surface area contributed by atoms with Gasteiger partial charge in [-0.3, -0.25) is 19.3 Å². The molecule has 0 saturated carbocycles. The first-order valence-electron chi connectivity index (χ1n) is 10.1. The zero-order valence-corrected chi connectivity index (χ0v) is 19.7. The highest BCUT2D eigenvalue weighted by atomic mass is 35.5. The fraction of sp³-hybridized carbons (Fsp3) is 0.429. The number of methoxy groups -OCH3 is 1. The van der Waals surface area contributed by atoms with Gasteiger partial charge in [-0.2, -0.15) is 0 Å². The molecule has 2 heterocycles. The first-order valence-corrected chi connectivity index (χ1v) is 11.3. The van der Waals surface area contributed by atoms with E-state index < -0.39 is 17.1 Å². The van der Waals surface area contributed by atoms with Crippen LogP contribution in [0, 0.1) is 0 Å². The maximum atomic E-state index is 12.8. The van der Waals surface area contributed by atoms with Crippen molar-refractivity contribution >= 4 is 52.5 Å². The molecule has 0 aromatic heterocycles. The number of carbonyl (C=O) groups excluding carboxylic acids is 4. The van der Waals surface area contributed by atoms with Crippen LogP contribution in [0.15, 0.2) is 17.0 Å². The Morgan fingerprint density at radius 1 is 1.24 bits per heavy atom. The SMILES string of the molecule is CCOC(=O)COc1c(Cl)cc(/C=C2/SC(=O)N(CC(=O)N3CCOCC3)C2=O)cc1OC. The molecule has 1 aromatic rings. The maximum absolute atomic E-state index is 12.8. The minimum Gasteiger partial charge on any atom is -0.493 e. The molecule has 33 heavy (non-hydrogen) atoms. The van der Waals surface area contributed by atoms with Crippen LogP contribution in [0.25, 0.3) is 6.08 Å². The number of rotatable bonds is 8.